The third-order valence-corrected chi connectivity index (χ3v) is 4.91. The van der Waals surface area contributed by atoms with E-state index in [4.69, 9.17) is 4.98 Å². The number of nitrogens with zero attached hydrogens (tertiary/aromatic N) is 3. The van der Waals surface area contributed by atoms with Crippen molar-refractivity contribution in [3.63, 3.8) is 0 Å². The van der Waals surface area contributed by atoms with Gasteiger partial charge < -0.3 is 9.62 Å². The van der Waals surface area contributed by atoms with E-state index in [1.807, 2.05) is 6.20 Å². The van der Waals surface area contributed by atoms with E-state index in [1.165, 1.54) is 22.0 Å². The molecule has 0 aliphatic carbocycles. The number of anilines is 3. The lowest BCUT2D eigenvalue weighted by Crippen LogP contribution is -2.29. The number of hydrogen-bond acceptors (Lipinski definition) is 3. The predicted molar refractivity (Wildman–Crippen MR) is 110 cm³/mol. The van der Waals surface area contributed by atoms with Crippen LogP contribution in [0.25, 0.3) is 21.9 Å². The Labute approximate surface area is 153 Å². The maximum absolute atomic E-state index is 4.75. The molecule has 5 rings (SSSR count). The summed E-state index contributed by atoms with van der Waals surface area (Å²) in [6.45, 7) is 0. The van der Waals surface area contributed by atoms with Gasteiger partial charge in [-0.05, 0) is 47.6 Å². The zero-order valence-corrected chi connectivity index (χ0v) is 14.5. The van der Waals surface area contributed by atoms with Crippen LogP contribution in [-0.2, 0) is 0 Å². The summed E-state index contributed by atoms with van der Waals surface area (Å²) >= 11 is 0. The number of fused-ring (bicyclic) bond motifs is 2. The first-order valence-electron chi connectivity index (χ1n) is 8.71. The van der Waals surface area contributed by atoms with Gasteiger partial charge in [-0.15, -0.1) is 0 Å². The van der Waals surface area contributed by atoms with Gasteiger partial charge in [-0.3, -0.25) is 0 Å². The highest BCUT2D eigenvalue weighted by atomic mass is 15.3. The van der Waals surface area contributed by atoms with Crippen molar-refractivity contribution in [2.24, 2.45) is 0 Å². The second kappa shape index (κ2) is 5.92. The van der Waals surface area contributed by atoms with Crippen molar-refractivity contribution in [3.05, 3.63) is 85.1 Å². The first kappa shape index (κ1) is 15.0. The highest BCUT2D eigenvalue weighted by Gasteiger charge is 2.27. The van der Waals surface area contributed by atoms with Crippen LogP contribution in [0.15, 0.2) is 85.1 Å². The number of rotatable bonds is 2. The van der Waals surface area contributed by atoms with Crippen LogP contribution < -0.4 is 9.62 Å². The maximum atomic E-state index is 4.75. The van der Waals surface area contributed by atoms with E-state index in [1.54, 1.807) is 0 Å². The Morgan fingerprint density at radius 3 is 2.38 bits per heavy atom. The second-order valence-corrected chi connectivity index (χ2v) is 6.52. The van der Waals surface area contributed by atoms with Crippen LogP contribution in [-0.4, -0.2) is 19.6 Å². The molecule has 4 heteroatoms. The van der Waals surface area contributed by atoms with Crippen LogP contribution in [0.3, 0.4) is 0 Å². The largest absolute Gasteiger partial charge is 0.400 e. The Morgan fingerprint density at radius 1 is 0.769 bits per heavy atom. The van der Waals surface area contributed by atoms with Crippen molar-refractivity contribution < 1.29 is 0 Å². The molecule has 1 aliphatic rings. The molecule has 0 atom stereocenters. The van der Waals surface area contributed by atoms with E-state index in [2.05, 4.69) is 103 Å². The van der Waals surface area contributed by atoms with Crippen LogP contribution >= 0.6 is 0 Å². The summed E-state index contributed by atoms with van der Waals surface area (Å²) in [4.78, 5) is 8.99. The molecule has 0 spiro atoms. The summed E-state index contributed by atoms with van der Waals surface area (Å²) in [7, 11) is 4.13. The van der Waals surface area contributed by atoms with Gasteiger partial charge in [0.25, 0.3) is 0 Å². The lowest BCUT2D eigenvalue weighted by molar-refractivity contribution is 1.25. The van der Waals surface area contributed by atoms with Crippen LogP contribution in [0.5, 0.6) is 0 Å². The Bertz CT molecular complexity index is 1090. The van der Waals surface area contributed by atoms with Crippen molar-refractivity contribution in [3.8, 4) is 11.1 Å². The molecule has 0 fully saturated rings. The second-order valence-electron chi connectivity index (χ2n) is 6.52. The van der Waals surface area contributed by atoms with Crippen LogP contribution in [0.1, 0.15) is 0 Å². The fraction of sp³-hybridized carbons (Fsp3) is 0.0455. The smallest absolute Gasteiger partial charge is 0.397 e. The molecule has 123 valence electrons. The van der Waals surface area contributed by atoms with Crippen molar-refractivity contribution in [2.75, 3.05) is 16.7 Å². The van der Waals surface area contributed by atoms with Crippen LogP contribution in [0.4, 0.5) is 17.2 Å². The third-order valence-electron chi connectivity index (χ3n) is 4.91. The van der Waals surface area contributed by atoms with Gasteiger partial charge in [0, 0.05) is 17.4 Å². The van der Waals surface area contributed by atoms with Gasteiger partial charge in [-0.1, -0.05) is 54.6 Å². The van der Waals surface area contributed by atoms with E-state index in [-0.39, 0.29) is 0 Å². The molecule has 0 amide bonds. The van der Waals surface area contributed by atoms with E-state index in [9.17, 15) is 0 Å². The molecular weight excluding hydrogens is 317 g/mol. The van der Waals surface area contributed by atoms with Crippen LogP contribution in [0, 0.1) is 0 Å². The van der Waals surface area contributed by atoms with Gasteiger partial charge >= 0.3 is 7.55 Å². The molecule has 1 aliphatic heterocycles. The zero-order valence-electron chi connectivity index (χ0n) is 14.5. The summed E-state index contributed by atoms with van der Waals surface area (Å²) in [5.74, 6) is 0.922. The minimum atomic E-state index is 0.922. The van der Waals surface area contributed by atoms with Crippen molar-refractivity contribution in [2.45, 2.75) is 0 Å². The Morgan fingerprint density at radius 2 is 1.54 bits per heavy atom. The van der Waals surface area contributed by atoms with E-state index < -0.39 is 0 Å². The molecule has 0 N–H and O–H groups in total. The minimum Gasteiger partial charge on any atom is -0.400 e. The van der Waals surface area contributed by atoms with Gasteiger partial charge in [-0.25, -0.2) is 4.98 Å². The number of benzene rings is 3. The first-order valence-corrected chi connectivity index (χ1v) is 8.71. The summed E-state index contributed by atoms with van der Waals surface area (Å²) in [6, 6.07) is 27.5. The molecule has 3 nitrogen and oxygen atoms in total. The lowest BCUT2D eigenvalue weighted by Gasteiger charge is -2.17. The molecule has 0 bridgehead atoms. The third kappa shape index (κ3) is 2.34. The molecule has 3 aromatic carbocycles. The van der Waals surface area contributed by atoms with Crippen LogP contribution in [0.2, 0.25) is 0 Å². The van der Waals surface area contributed by atoms with Crippen molar-refractivity contribution >= 4 is 35.5 Å². The highest BCUT2D eigenvalue weighted by Crippen LogP contribution is 2.38. The van der Waals surface area contributed by atoms with E-state index >= 15 is 0 Å². The molecule has 0 unspecified atom stereocenters. The fourth-order valence-electron chi connectivity index (χ4n) is 3.61. The molecule has 0 saturated heterocycles. The quantitative estimate of drug-likeness (QED) is 0.480. The van der Waals surface area contributed by atoms with Crippen molar-refractivity contribution in [1.82, 2.24) is 4.98 Å². The number of hydrogen-bond donors (Lipinski definition) is 0. The topological polar surface area (TPSA) is 19.4 Å². The summed E-state index contributed by atoms with van der Waals surface area (Å²) in [5.41, 5.74) is 4.68. The average Bonchev–Trinajstić information content (AvgIpc) is 3.05. The Hall–Kier alpha value is -3.27. The maximum Gasteiger partial charge on any atom is 0.397 e. The lowest BCUT2D eigenvalue weighted by atomic mass is 9.99. The van der Waals surface area contributed by atoms with E-state index in [0.29, 0.717) is 0 Å². The number of pyridine rings is 1. The monoisotopic (exact) mass is 334 g/mol. The zero-order chi connectivity index (χ0) is 17.5. The van der Waals surface area contributed by atoms with Gasteiger partial charge in [0.1, 0.15) is 5.82 Å². The summed E-state index contributed by atoms with van der Waals surface area (Å²) in [5, 5.41) is 2.50. The molecule has 4 aromatic rings. The van der Waals surface area contributed by atoms with E-state index in [0.717, 1.165) is 17.1 Å². The van der Waals surface area contributed by atoms with Gasteiger partial charge in [0.2, 0.25) is 0 Å². The minimum absolute atomic E-state index is 0.922. The first-order chi connectivity index (χ1) is 12.8. The molecule has 1 aromatic heterocycles. The van der Waals surface area contributed by atoms with Gasteiger partial charge in [-0.2, -0.15) is 0 Å². The SMILES string of the molecule is CN1[B]N(c2ccc(-c3cccc4ccccc34)cn2)c2ccccc21. The average molecular weight is 334 g/mol. The molecule has 26 heavy (non-hydrogen) atoms. The summed E-state index contributed by atoms with van der Waals surface area (Å²) in [6.07, 6.45) is 1.96. The molecular formula is C22H17BN3. The number of aromatic nitrogens is 1. The number of para-hydroxylation sites is 2. The fourth-order valence-corrected chi connectivity index (χ4v) is 3.61. The van der Waals surface area contributed by atoms with Gasteiger partial charge in [0.05, 0.1) is 5.69 Å². The molecule has 1 radical (unpaired) electrons. The normalized spacial score (nSPS) is 13.0. The van der Waals surface area contributed by atoms with Crippen molar-refractivity contribution in [1.29, 1.82) is 0 Å². The molecule has 0 saturated carbocycles. The predicted octanol–water partition coefficient (Wildman–Crippen LogP) is 5.02. The van der Waals surface area contributed by atoms with Gasteiger partial charge in [0.15, 0.2) is 0 Å². The summed E-state index contributed by atoms with van der Waals surface area (Å²) < 4.78 is 0. The Kier molecular flexibility index (Phi) is 3.42. The Balaban J connectivity index is 1.54. The highest BCUT2D eigenvalue weighted by molar-refractivity contribution is 6.52. The standard InChI is InChI=1S/C22H17BN3/c1-25-20-11-4-5-12-21(20)26(23-25)22-14-13-17(15-24-22)19-10-6-8-16-7-2-3-9-18(16)19/h2-15H,1H3. The molecule has 2 heterocycles.